The molecule has 0 aliphatic heterocycles. The van der Waals surface area contributed by atoms with E-state index < -0.39 is 24.2 Å². The number of imidazole rings is 1. The van der Waals surface area contributed by atoms with E-state index in [1.807, 2.05) is 0 Å². The van der Waals surface area contributed by atoms with Gasteiger partial charge in [-0.2, -0.15) is 0 Å². The summed E-state index contributed by atoms with van der Waals surface area (Å²) in [5.74, 6) is 3.94. The predicted octanol–water partition coefficient (Wildman–Crippen LogP) is 0.936. The lowest BCUT2D eigenvalue weighted by molar-refractivity contribution is -0.152. The van der Waals surface area contributed by atoms with E-state index in [0.717, 1.165) is 0 Å². The van der Waals surface area contributed by atoms with Gasteiger partial charge in [-0.15, -0.1) is 0 Å². The molecular weight excluding hydrogens is 390 g/mol. The molecule has 0 amide bonds. The number of aromatic hydroxyl groups is 1. The van der Waals surface area contributed by atoms with Gasteiger partial charge in [0.05, 0.1) is 12.2 Å². The lowest BCUT2D eigenvalue weighted by Crippen LogP contribution is -2.35. The first-order valence-electron chi connectivity index (χ1n) is 9.18. The van der Waals surface area contributed by atoms with Crippen molar-refractivity contribution in [3.63, 3.8) is 0 Å². The zero-order valence-electron chi connectivity index (χ0n) is 16.3. The summed E-state index contributed by atoms with van der Waals surface area (Å²) in [4.78, 5) is 24.1. The Labute approximate surface area is 171 Å². The molecule has 2 heterocycles. The number of nitrogens with one attached hydrogen (secondary N) is 1. The Morgan fingerprint density at radius 2 is 1.90 bits per heavy atom. The molecule has 1 aromatic carbocycles. The average molecular weight is 411 g/mol. The third kappa shape index (κ3) is 4.17. The summed E-state index contributed by atoms with van der Waals surface area (Å²) in [6.07, 6.45) is -1.74. The molecular formula is C20H21N5O5. The number of fused-ring (bicyclic) bond motifs is 1. The van der Waals surface area contributed by atoms with Crippen molar-refractivity contribution in [2.24, 2.45) is 5.92 Å². The number of phenolic OH excluding ortho intramolecular Hbond substituents is 1. The third-order valence-corrected chi connectivity index (χ3v) is 4.60. The Hall–Kier alpha value is -3.68. The number of nitrogens with zero attached hydrogens (tertiary/aromatic N) is 4. The quantitative estimate of drug-likeness (QED) is 0.373. The first-order chi connectivity index (χ1) is 14.3. The van der Waals surface area contributed by atoms with Crippen LogP contribution in [0.25, 0.3) is 11.2 Å². The van der Waals surface area contributed by atoms with Gasteiger partial charge in [0.25, 0.3) is 0 Å². The van der Waals surface area contributed by atoms with Gasteiger partial charge in [-0.1, -0.05) is 12.8 Å². The van der Waals surface area contributed by atoms with Gasteiger partial charge in [0.15, 0.2) is 23.2 Å². The Morgan fingerprint density at radius 1 is 1.20 bits per heavy atom. The van der Waals surface area contributed by atoms with Crippen molar-refractivity contribution in [2.75, 3.05) is 12.4 Å². The van der Waals surface area contributed by atoms with Gasteiger partial charge in [-0.25, -0.2) is 15.0 Å². The summed E-state index contributed by atoms with van der Waals surface area (Å²) < 4.78 is 1.19. The largest absolute Gasteiger partial charge is 0.508 e. The number of hydrogen-bond donors (Lipinski definition) is 5. The number of phenols is 1. The zero-order valence-corrected chi connectivity index (χ0v) is 16.3. The number of hydrogen-bond acceptors (Lipinski definition) is 8. The van der Waals surface area contributed by atoms with Gasteiger partial charge in [-0.05, 0) is 36.6 Å². The third-order valence-electron chi connectivity index (χ3n) is 4.60. The number of anilines is 1. The molecule has 30 heavy (non-hydrogen) atoms. The molecule has 0 aliphatic carbocycles. The topological polar surface area (TPSA) is 154 Å². The van der Waals surface area contributed by atoms with Crippen LogP contribution >= 0.6 is 0 Å². The summed E-state index contributed by atoms with van der Waals surface area (Å²) in [6, 6.07) is 6.29. The number of aromatic nitrogens is 4. The van der Waals surface area contributed by atoms with Crippen LogP contribution in [0.4, 0.5) is 5.82 Å². The van der Waals surface area contributed by atoms with E-state index in [0.29, 0.717) is 16.9 Å². The van der Waals surface area contributed by atoms with Crippen molar-refractivity contribution in [1.82, 2.24) is 19.5 Å². The summed E-state index contributed by atoms with van der Waals surface area (Å²) in [6.45, 7) is 1.61. The Kier molecular flexibility index (Phi) is 6.15. The highest BCUT2D eigenvalue weighted by molar-refractivity contribution is 5.83. The van der Waals surface area contributed by atoms with Gasteiger partial charge in [0.2, 0.25) is 5.82 Å². The Morgan fingerprint density at radius 3 is 2.50 bits per heavy atom. The van der Waals surface area contributed by atoms with E-state index >= 15 is 0 Å². The smallest absolute Gasteiger partial charge is 0.309 e. The SMILES string of the molecule is CC[C@H](C(=O)O)[C@@H](O)[C@@H](O)n1cnc2c(NC)nc(C#Cc3ccc(O)cc3)nc21. The molecule has 10 heteroatoms. The molecule has 0 radical (unpaired) electrons. The number of aliphatic carboxylic acids is 1. The molecule has 0 bridgehead atoms. The van der Waals surface area contributed by atoms with Gasteiger partial charge in [0, 0.05) is 12.6 Å². The summed E-state index contributed by atoms with van der Waals surface area (Å²) in [5, 5.41) is 42.4. The number of carboxylic acid groups (broad SMARTS) is 1. The van der Waals surface area contributed by atoms with Crippen LogP contribution in [0.1, 0.15) is 31.0 Å². The van der Waals surface area contributed by atoms with Crippen LogP contribution in [0, 0.1) is 17.8 Å². The first kappa shape index (κ1) is 21.0. The van der Waals surface area contributed by atoms with Crippen molar-refractivity contribution < 1.29 is 25.2 Å². The summed E-state index contributed by atoms with van der Waals surface area (Å²) in [5.41, 5.74) is 1.16. The van der Waals surface area contributed by atoms with Crippen molar-refractivity contribution >= 4 is 23.0 Å². The van der Waals surface area contributed by atoms with Crippen LogP contribution in [-0.2, 0) is 4.79 Å². The highest BCUT2D eigenvalue weighted by atomic mass is 16.4. The van der Waals surface area contributed by atoms with Crippen molar-refractivity contribution in [3.8, 4) is 17.6 Å². The lowest BCUT2D eigenvalue weighted by atomic mass is 9.98. The van der Waals surface area contributed by atoms with Crippen molar-refractivity contribution in [3.05, 3.63) is 42.0 Å². The summed E-state index contributed by atoms with van der Waals surface area (Å²) in [7, 11) is 1.64. The summed E-state index contributed by atoms with van der Waals surface area (Å²) >= 11 is 0. The number of benzene rings is 1. The van der Waals surface area contributed by atoms with E-state index in [9.17, 15) is 25.2 Å². The second-order valence-corrected chi connectivity index (χ2v) is 6.52. The molecule has 3 aromatic rings. The minimum atomic E-state index is -1.58. The standard InChI is InChI=1S/C20H21N5O5/c1-3-13(20(29)30)16(27)19(28)25-10-22-15-17(21-2)23-14(24-18(15)25)9-6-11-4-7-12(26)8-5-11/h4-5,7-8,10,13,16,19,26-28H,3H2,1-2H3,(H,29,30)(H,21,23,24)/t13-,16+,19+/m0/s1. The molecule has 0 fully saturated rings. The monoisotopic (exact) mass is 411 g/mol. The van der Waals surface area contributed by atoms with Gasteiger partial charge >= 0.3 is 5.97 Å². The maximum atomic E-state index is 11.3. The van der Waals surface area contributed by atoms with Crippen LogP contribution in [0.3, 0.4) is 0 Å². The number of carboxylic acids is 1. The zero-order chi connectivity index (χ0) is 21.8. The number of carbonyl (C=O) groups is 1. The highest BCUT2D eigenvalue weighted by Crippen LogP contribution is 2.25. The molecule has 2 aromatic heterocycles. The Bertz CT molecular complexity index is 1120. The number of aliphatic hydroxyl groups excluding tert-OH is 2. The molecule has 10 nitrogen and oxygen atoms in total. The van der Waals surface area contributed by atoms with E-state index in [1.165, 1.54) is 23.0 Å². The molecule has 0 unspecified atom stereocenters. The highest BCUT2D eigenvalue weighted by Gasteiger charge is 2.32. The molecule has 0 saturated heterocycles. The second-order valence-electron chi connectivity index (χ2n) is 6.52. The average Bonchev–Trinajstić information content (AvgIpc) is 3.16. The van der Waals surface area contributed by atoms with E-state index in [2.05, 4.69) is 32.1 Å². The van der Waals surface area contributed by atoms with Crippen LogP contribution < -0.4 is 5.32 Å². The predicted molar refractivity (Wildman–Crippen MR) is 108 cm³/mol. The minimum absolute atomic E-state index is 0.124. The fourth-order valence-corrected chi connectivity index (χ4v) is 2.95. The minimum Gasteiger partial charge on any atom is -0.508 e. The molecule has 0 aliphatic rings. The molecule has 0 saturated carbocycles. The van der Waals surface area contributed by atoms with Gasteiger partial charge < -0.3 is 25.7 Å². The van der Waals surface area contributed by atoms with Gasteiger partial charge in [-0.3, -0.25) is 9.36 Å². The van der Waals surface area contributed by atoms with Crippen molar-refractivity contribution in [2.45, 2.75) is 25.7 Å². The molecule has 0 spiro atoms. The number of aliphatic hydroxyl groups is 2. The Balaban J connectivity index is 2.03. The maximum Gasteiger partial charge on any atom is 0.309 e. The number of rotatable bonds is 6. The first-order valence-corrected chi connectivity index (χ1v) is 9.18. The molecule has 156 valence electrons. The molecule has 3 rings (SSSR count). The van der Waals surface area contributed by atoms with E-state index in [4.69, 9.17) is 0 Å². The van der Waals surface area contributed by atoms with Crippen LogP contribution in [-0.4, -0.2) is 59.1 Å². The van der Waals surface area contributed by atoms with Crippen LogP contribution in [0.5, 0.6) is 5.75 Å². The second kappa shape index (κ2) is 8.77. The lowest BCUT2D eigenvalue weighted by Gasteiger charge is -2.23. The van der Waals surface area contributed by atoms with Crippen LogP contribution in [0.2, 0.25) is 0 Å². The van der Waals surface area contributed by atoms with Gasteiger partial charge in [0.1, 0.15) is 11.9 Å². The fraction of sp³-hybridized carbons (Fsp3) is 0.300. The van der Waals surface area contributed by atoms with Crippen molar-refractivity contribution in [1.29, 1.82) is 0 Å². The van der Waals surface area contributed by atoms with E-state index in [-0.39, 0.29) is 23.6 Å². The fourth-order valence-electron chi connectivity index (χ4n) is 2.95. The van der Waals surface area contributed by atoms with E-state index in [1.54, 1.807) is 26.1 Å². The maximum absolute atomic E-state index is 11.3. The molecule has 5 N–H and O–H groups in total. The molecule has 3 atom stereocenters. The van der Waals surface area contributed by atoms with Crippen LogP contribution in [0.15, 0.2) is 30.6 Å². The normalized spacial score (nSPS) is 13.9.